The molecule has 0 spiro atoms. The molecule has 3 nitrogen and oxygen atoms in total. The fourth-order valence-corrected chi connectivity index (χ4v) is 4.10. The maximum atomic E-state index is 13.1. The van der Waals surface area contributed by atoms with Crippen LogP contribution in [-0.4, -0.2) is 35.6 Å². The van der Waals surface area contributed by atoms with Crippen LogP contribution in [0.1, 0.15) is 43.6 Å². The third-order valence-electron chi connectivity index (χ3n) is 5.39. The number of likely N-dealkylation sites (tertiary alicyclic amines) is 1. The summed E-state index contributed by atoms with van der Waals surface area (Å²) in [4.78, 5) is 13.4. The van der Waals surface area contributed by atoms with E-state index in [2.05, 4.69) is 4.90 Å². The second-order valence-corrected chi connectivity index (χ2v) is 6.76. The molecule has 22 heavy (non-hydrogen) atoms. The lowest BCUT2D eigenvalue weighted by Gasteiger charge is -2.33. The second-order valence-electron chi connectivity index (χ2n) is 6.76. The number of hydrogen-bond donors (Lipinski definition) is 1. The Morgan fingerprint density at radius 2 is 1.82 bits per heavy atom. The van der Waals surface area contributed by atoms with Crippen LogP contribution < -0.4 is 0 Å². The van der Waals surface area contributed by atoms with Crippen LogP contribution in [0.2, 0.25) is 0 Å². The first-order valence-corrected chi connectivity index (χ1v) is 8.34. The van der Waals surface area contributed by atoms with Crippen LogP contribution >= 0.6 is 0 Å². The highest BCUT2D eigenvalue weighted by molar-refractivity contribution is 5.70. The molecule has 1 aliphatic carbocycles. The molecule has 0 unspecified atom stereocenters. The Kier molecular flexibility index (Phi) is 4.77. The topological polar surface area (TPSA) is 40.5 Å². The molecular weight excluding hydrogens is 281 g/mol. The highest BCUT2D eigenvalue weighted by Gasteiger charge is 2.32. The van der Waals surface area contributed by atoms with Gasteiger partial charge in [0.15, 0.2) is 0 Å². The predicted molar refractivity (Wildman–Crippen MR) is 83.3 cm³/mol. The third-order valence-corrected chi connectivity index (χ3v) is 5.39. The quantitative estimate of drug-likeness (QED) is 0.925. The van der Waals surface area contributed by atoms with Crippen LogP contribution in [0.15, 0.2) is 24.3 Å². The average molecular weight is 305 g/mol. The Hall–Kier alpha value is -1.42. The SMILES string of the molecule is O=C(O)C1CCN(C[C@H]2CCC[C@H]2c2ccc(F)cc2)CC1. The standard InChI is InChI=1S/C18H24FNO2/c19-16-6-4-13(5-7-16)17-3-1-2-15(17)12-20-10-8-14(9-11-20)18(21)22/h4-7,14-15,17H,1-3,8-12H2,(H,21,22)/t15-,17+/m1/s1. The van der Waals surface area contributed by atoms with Crippen LogP contribution in [-0.2, 0) is 4.79 Å². The normalized spacial score (nSPS) is 27.1. The minimum Gasteiger partial charge on any atom is -0.481 e. The molecule has 4 heteroatoms. The van der Waals surface area contributed by atoms with E-state index in [0.717, 1.165) is 32.5 Å². The van der Waals surface area contributed by atoms with Gasteiger partial charge in [-0.2, -0.15) is 0 Å². The summed E-state index contributed by atoms with van der Waals surface area (Å²) in [6.07, 6.45) is 5.17. The lowest BCUT2D eigenvalue weighted by molar-refractivity contribution is -0.143. The van der Waals surface area contributed by atoms with Gasteiger partial charge in [-0.1, -0.05) is 18.6 Å². The summed E-state index contributed by atoms with van der Waals surface area (Å²) >= 11 is 0. The van der Waals surface area contributed by atoms with E-state index in [4.69, 9.17) is 5.11 Å². The molecule has 0 radical (unpaired) electrons. The number of rotatable bonds is 4. The Bertz CT molecular complexity index is 508. The van der Waals surface area contributed by atoms with Crippen molar-refractivity contribution in [3.05, 3.63) is 35.6 Å². The molecule has 0 bridgehead atoms. The van der Waals surface area contributed by atoms with Gasteiger partial charge < -0.3 is 10.0 Å². The van der Waals surface area contributed by atoms with E-state index in [0.29, 0.717) is 11.8 Å². The lowest BCUT2D eigenvalue weighted by Crippen LogP contribution is -2.39. The maximum absolute atomic E-state index is 13.1. The second kappa shape index (κ2) is 6.78. The van der Waals surface area contributed by atoms with Gasteiger partial charge in [-0.05, 0) is 68.3 Å². The highest BCUT2D eigenvalue weighted by atomic mass is 19.1. The van der Waals surface area contributed by atoms with Gasteiger partial charge in [0.1, 0.15) is 5.82 Å². The fourth-order valence-electron chi connectivity index (χ4n) is 4.10. The minimum atomic E-state index is -0.648. The van der Waals surface area contributed by atoms with E-state index in [9.17, 15) is 9.18 Å². The number of halogens is 1. The molecule has 1 saturated heterocycles. The Morgan fingerprint density at radius 1 is 1.14 bits per heavy atom. The number of nitrogens with zero attached hydrogens (tertiary/aromatic N) is 1. The first-order chi connectivity index (χ1) is 10.6. The molecule has 2 atom stereocenters. The van der Waals surface area contributed by atoms with Crippen molar-refractivity contribution in [1.29, 1.82) is 0 Å². The largest absolute Gasteiger partial charge is 0.481 e. The number of hydrogen-bond acceptors (Lipinski definition) is 2. The Labute approximate surface area is 131 Å². The van der Waals surface area contributed by atoms with Gasteiger partial charge in [0.2, 0.25) is 0 Å². The van der Waals surface area contributed by atoms with E-state index in [1.54, 1.807) is 12.1 Å². The molecule has 1 heterocycles. The van der Waals surface area contributed by atoms with Crippen molar-refractivity contribution in [1.82, 2.24) is 4.90 Å². The van der Waals surface area contributed by atoms with Crippen LogP contribution in [0.5, 0.6) is 0 Å². The minimum absolute atomic E-state index is 0.160. The number of carboxylic acids is 1. The van der Waals surface area contributed by atoms with E-state index in [-0.39, 0.29) is 11.7 Å². The van der Waals surface area contributed by atoms with Gasteiger partial charge in [-0.25, -0.2) is 4.39 Å². The van der Waals surface area contributed by atoms with E-state index in [1.807, 2.05) is 12.1 Å². The zero-order chi connectivity index (χ0) is 15.5. The van der Waals surface area contributed by atoms with Crippen LogP contribution in [0.25, 0.3) is 0 Å². The number of benzene rings is 1. The molecule has 1 N–H and O–H groups in total. The average Bonchev–Trinajstić information content (AvgIpc) is 2.97. The zero-order valence-electron chi connectivity index (χ0n) is 12.9. The van der Waals surface area contributed by atoms with Crippen molar-refractivity contribution in [2.75, 3.05) is 19.6 Å². The number of carbonyl (C=O) groups is 1. The number of piperidine rings is 1. The molecular formula is C18H24FNO2. The zero-order valence-corrected chi connectivity index (χ0v) is 12.9. The smallest absolute Gasteiger partial charge is 0.306 e. The monoisotopic (exact) mass is 305 g/mol. The van der Waals surface area contributed by atoms with Gasteiger partial charge in [0.25, 0.3) is 0 Å². The molecule has 0 aromatic heterocycles. The van der Waals surface area contributed by atoms with Gasteiger partial charge in [-0.3, -0.25) is 4.79 Å². The molecule has 120 valence electrons. The fraction of sp³-hybridized carbons (Fsp3) is 0.611. The Morgan fingerprint density at radius 3 is 2.45 bits per heavy atom. The molecule has 2 aliphatic rings. The summed E-state index contributed by atoms with van der Waals surface area (Å²) < 4.78 is 13.1. The number of aliphatic carboxylic acids is 1. The summed E-state index contributed by atoms with van der Waals surface area (Å²) in [5.41, 5.74) is 1.25. The van der Waals surface area contributed by atoms with Crippen molar-refractivity contribution in [2.45, 2.75) is 38.0 Å². The van der Waals surface area contributed by atoms with Crippen molar-refractivity contribution in [3.63, 3.8) is 0 Å². The van der Waals surface area contributed by atoms with Crippen LogP contribution in [0.4, 0.5) is 4.39 Å². The molecule has 1 aromatic carbocycles. The lowest BCUT2D eigenvalue weighted by atomic mass is 9.87. The van der Waals surface area contributed by atoms with Crippen molar-refractivity contribution < 1.29 is 14.3 Å². The Balaban J connectivity index is 1.58. The van der Waals surface area contributed by atoms with E-state index < -0.39 is 5.97 Å². The molecule has 3 rings (SSSR count). The molecule has 2 fully saturated rings. The predicted octanol–water partition coefficient (Wildman–Crippen LogP) is 3.51. The van der Waals surface area contributed by atoms with Crippen molar-refractivity contribution in [2.24, 2.45) is 11.8 Å². The van der Waals surface area contributed by atoms with E-state index in [1.165, 1.54) is 24.8 Å². The van der Waals surface area contributed by atoms with Crippen molar-refractivity contribution >= 4 is 5.97 Å². The van der Waals surface area contributed by atoms with Gasteiger partial charge in [0, 0.05) is 6.54 Å². The third kappa shape index (κ3) is 3.49. The van der Waals surface area contributed by atoms with Crippen LogP contribution in [0.3, 0.4) is 0 Å². The maximum Gasteiger partial charge on any atom is 0.306 e. The molecule has 1 aliphatic heterocycles. The first kappa shape index (κ1) is 15.5. The van der Waals surface area contributed by atoms with Crippen LogP contribution in [0, 0.1) is 17.7 Å². The van der Waals surface area contributed by atoms with E-state index >= 15 is 0 Å². The number of carboxylic acid groups (broad SMARTS) is 1. The highest BCUT2D eigenvalue weighted by Crippen LogP contribution is 2.40. The van der Waals surface area contributed by atoms with Gasteiger partial charge in [-0.15, -0.1) is 0 Å². The summed E-state index contributed by atoms with van der Waals surface area (Å²) in [7, 11) is 0. The van der Waals surface area contributed by atoms with Crippen molar-refractivity contribution in [3.8, 4) is 0 Å². The first-order valence-electron chi connectivity index (χ1n) is 8.34. The summed E-state index contributed by atoms with van der Waals surface area (Å²) in [6.45, 7) is 2.83. The summed E-state index contributed by atoms with van der Waals surface area (Å²) in [5, 5.41) is 9.07. The van der Waals surface area contributed by atoms with Gasteiger partial charge in [0.05, 0.1) is 5.92 Å². The van der Waals surface area contributed by atoms with Gasteiger partial charge >= 0.3 is 5.97 Å². The molecule has 0 amide bonds. The summed E-state index contributed by atoms with van der Waals surface area (Å²) in [5.74, 6) is 0.163. The summed E-state index contributed by atoms with van der Waals surface area (Å²) in [6, 6.07) is 6.97. The molecule has 1 aromatic rings. The molecule has 1 saturated carbocycles.